The van der Waals surface area contributed by atoms with Crippen molar-refractivity contribution in [3.8, 4) is 0 Å². The number of anilines is 1. The van der Waals surface area contributed by atoms with Gasteiger partial charge in [-0.05, 0) is 30.2 Å². The lowest BCUT2D eigenvalue weighted by Crippen LogP contribution is -2.33. The largest absolute Gasteiger partial charge is 0.446 e. The molecule has 0 saturated heterocycles. The Morgan fingerprint density at radius 1 is 1.03 bits per heavy atom. The van der Waals surface area contributed by atoms with Gasteiger partial charge >= 0.3 is 5.97 Å². The molecule has 11 heteroatoms. The van der Waals surface area contributed by atoms with E-state index in [2.05, 4.69) is 10.0 Å². The number of benzene rings is 3. The smallest absolute Gasteiger partial charge is 0.322 e. The molecule has 2 N–H and O–H groups in total. The van der Waals surface area contributed by atoms with Gasteiger partial charge in [0.2, 0.25) is 16.1 Å². The monoisotopic (exact) mass is 509 g/mol. The molecule has 36 heavy (non-hydrogen) atoms. The van der Waals surface area contributed by atoms with Gasteiger partial charge in [0.05, 0.1) is 4.92 Å². The molecule has 0 heterocycles. The van der Waals surface area contributed by atoms with Gasteiger partial charge in [0.25, 0.3) is 11.6 Å². The third-order valence-corrected chi connectivity index (χ3v) is 5.90. The second kappa shape index (κ2) is 11.9. The summed E-state index contributed by atoms with van der Waals surface area (Å²) in [7, 11) is -3.97. The summed E-state index contributed by atoms with van der Waals surface area (Å²) in [6.45, 7) is 0.937. The third kappa shape index (κ3) is 7.58. The number of nitrogens with zero attached hydrogens (tertiary/aromatic N) is 1. The first kappa shape index (κ1) is 26.3. The Bertz CT molecular complexity index is 1380. The Hall–Kier alpha value is -4.35. The minimum Gasteiger partial charge on any atom is -0.446 e. The summed E-state index contributed by atoms with van der Waals surface area (Å²) in [5.74, 6) is -1.86. The summed E-state index contributed by atoms with van der Waals surface area (Å²) in [4.78, 5) is 36.2. The maximum Gasteiger partial charge on any atom is 0.322 e. The fourth-order valence-corrected chi connectivity index (χ4v) is 3.86. The van der Waals surface area contributed by atoms with Crippen molar-refractivity contribution in [2.45, 2.75) is 13.0 Å². The summed E-state index contributed by atoms with van der Waals surface area (Å²) in [5.41, 5.74) is 1.18. The first-order valence-corrected chi connectivity index (χ1v) is 12.2. The second-order valence-corrected chi connectivity index (χ2v) is 9.28. The Morgan fingerprint density at radius 2 is 1.67 bits per heavy atom. The number of esters is 1. The van der Waals surface area contributed by atoms with Gasteiger partial charge in [-0.3, -0.25) is 19.7 Å². The fourth-order valence-electron chi connectivity index (χ4n) is 3.11. The van der Waals surface area contributed by atoms with Crippen LogP contribution >= 0.6 is 0 Å². The molecule has 0 bridgehead atoms. The van der Waals surface area contributed by atoms with E-state index >= 15 is 0 Å². The van der Waals surface area contributed by atoms with Crippen LogP contribution in [0.15, 0.2) is 84.3 Å². The summed E-state index contributed by atoms with van der Waals surface area (Å²) >= 11 is 0. The van der Waals surface area contributed by atoms with Crippen LogP contribution in [0, 0.1) is 17.0 Å². The van der Waals surface area contributed by atoms with Gasteiger partial charge in [0, 0.05) is 17.0 Å². The predicted octanol–water partition coefficient (Wildman–Crippen LogP) is 3.72. The van der Waals surface area contributed by atoms with Crippen LogP contribution in [0.4, 0.5) is 11.4 Å². The Morgan fingerprint density at radius 3 is 2.31 bits per heavy atom. The normalized spacial score (nSPS) is 12.1. The van der Waals surface area contributed by atoms with Crippen molar-refractivity contribution < 1.29 is 27.7 Å². The Kier molecular flexibility index (Phi) is 8.66. The number of hydrogen-bond donors (Lipinski definition) is 2. The van der Waals surface area contributed by atoms with E-state index in [-0.39, 0.29) is 11.4 Å². The van der Waals surface area contributed by atoms with Crippen LogP contribution in [0.3, 0.4) is 0 Å². The van der Waals surface area contributed by atoms with Gasteiger partial charge in [0.15, 0.2) is 0 Å². The highest BCUT2D eigenvalue weighted by atomic mass is 32.2. The molecule has 1 atom stereocenters. The Balaban J connectivity index is 1.72. The van der Waals surface area contributed by atoms with Crippen molar-refractivity contribution in [2.24, 2.45) is 0 Å². The van der Waals surface area contributed by atoms with E-state index in [4.69, 9.17) is 4.74 Å². The van der Waals surface area contributed by atoms with Gasteiger partial charge in [-0.25, -0.2) is 13.1 Å². The fraction of sp³-hybridized carbons (Fsp3) is 0.120. The number of nitrogens with one attached hydrogen (secondary N) is 2. The standard InChI is InChI=1S/C25H23N3O7S/c1-18-12-13-21(22(16-18)28(31)32)27-25(30)24(20-10-6-3-7-11-20)35-23(29)17-26-36(33,34)15-14-19-8-4-2-5-9-19/h2-16,24,26H,17H2,1H3,(H,27,30). The zero-order valence-electron chi connectivity index (χ0n) is 19.2. The van der Waals surface area contributed by atoms with Crippen molar-refractivity contribution >= 4 is 39.4 Å². The number of carbonyl (C=O) groups excluding carboxylic acids is 2. The highest BCUT2D eigenvalue weighted by molar-refractivity contribution is 7.92. The second-order valence-electron chi connectivity index (χ2n) is 7.63. The SMILES string of the molecule is Cc1ccc(NC(=O)C(OC(=O)CNS(=O)(=O)C=Cc2ccccc2)c2ccccc2)c([N+](=O)[O-])c1. The molecule has 0 aliphatic rings. The molecular weight excluding hydrogens is 486 g/mol. The van der Waals surface area contributed by atoms with E-state index in [0.717, 1.165) is 5.41 Å². The number of nitro groups is 1. The zero-order chi connectivity index (χ0) is 26.1. The molecule has 3 aromatic carbocycles. The highest BCUT2D eigenvalue weighted by Crippen LogP contribution is 2.27. The molecule has 1 amide bonds. The Labute approximate surface area is 207 Å². The van der Waals surface area contributed by atoms with Gasteiger partial charge in [-0.2, -0.15) is 0 Å². The number of sulfonamides is 1. The molecular formula is C25H23N3O7S. The number of carbonyl (C=O) groups is 2. The number of aryl methyl sites for hydroxylation is 1. The first-order valence-electron chi connectivity index (χ1n) is 10.7. The van der Waals surface area contributed by atoms with Crippen molar-refractivity contribution in [1.82, 2.24) is 4.72 Å². The molecule has 3 aromatic rings. The van der Waals surface area contributed by atoms with Crippen molar-refractivity contribution in [1.29, 1.82) is 0 Å². The van der Waals surface area contributed by atoms with Crippen molar-refractivity contribution in [2.75, 3.05) is 11.9 Å². The van der Waals surface area contributed by atoms with E-state index in [9.17, 15) is 28.1 Å². The van der Waals surface area contributed by atoms with Crippen LogP contribution in [-0.4, -0.2) is 31.8 Å². The molecule has 0 aliphatic heterocycles. The van der Waals surface area contributed by atoms with Crippen LogP contribution in [0.5, 0.6) is 0 Å². The first-order chi connectivity index (χ1) is 17.1. The van der Waals surface area contributed by atoms with Crippen LogP contribution in [0.25, 0.3) is 6.08 Å². The van der Waals surface area contributed by atoms with Crippen molar-refractivity contribution in [3.05, 3.63) is 111 Å². The van der Waals surface area contributed by atoms with Crippen LogP contribution in [-0.2, 0) is 24.3 Å². The third-order valence-electron chi connectivity index (χ3n) is 4.85. The van der Waals surface area contributed by atoms with Gasteiger partial charge < -0.3 is 10.1 Å². The lowest BCUT2D eigenvalue weighted by molar-refractivity contribution is -0.384. The summed E-state index contributed by atoms with van der Waals surface area (Å²) in [6.07, 6.45) is -0.119. The minimum atomic E-state index is -3.97. The topological polar surface area (TPSA) is 145 Å². The average Bonchev–Trinajstić information content (AvgIpc) is 2.87. The predicted molar refractivity (Wildman–Crippen MR) is 134 cm³/mol. The lowest BCUT2D eigenvalue weighted by Gasteiger charge is -2.18. The molecule has 0 aliphatic carbocycles. The highest BCUT2D eigenvalue weighted by Gasteiger charge is 2.27. The zero-order valence-corrected chi connectivity index (χ0v) is 20.0. The number of rotatable bonds is 10. The van der Waals surface area contributed by atoms with Gasteiger partial charge in [-0.1, -0.05) is 66.7 Å². The molecule has 186 valence electrons. The maximum atomic E-state index is 13.0. The van der Waals surface area contributed by atoms with E-state index < -0.39 is 39.5 Å². The lowest BCUT2D eigenvalue weighted by atomic mass is 10.1. The average molecular weight is 510 g/mol. The molecule has 0 spiro atoms. The molecule has 1 unspecified atom stereocenters. The summed E-state index contributed by atoms with van der Waals surface area (Å²) in [6, 6.07) is 21.0. The molecule has 0 radical (unpaired) electrons. The van der Waals surface area contributed by atoms with Crippen molar-refractivity contribution in [3.63, 3.8) is 0 Å². The number of nitro benzene ring substituents is 1. The van der Waals surface area contributed by atoms with E-state index in [1.807, 2.05) is 0 Å². The molecule has 10 nitrogen and oxygen atoms in total. The molecule has 0 aromatic heterocycles. The van der Waals surface area contributed by atoms with Crippen LogP contribution in [0.2, 0.25) is 0 Å². The molecule has 0 saturated carbocycles. The van der Waals surface area contributed by atoms with Gasteiger partial charge in [-0.15, -0.1) is 0 Å². The maximum absolute atomic E-state index is 13.0. The summed E-state index contributed by atoms with van der Waals surface area (Å²) < 4.78 is 31.8. The number of ether oxygens (including phenoxy) is 1. The van der Waals surface area contributed by atoms with E-state index in [1.165, 1.54) is 30.3 Å². The summed E-state index contributed by atoms with van der Waals surface area (Å²) in [5, 5.41) is 14.7. The number of hydrogen-bond acceptors (Lipinski definition) is 7. The molecule has 3 rings (SSSR count). The quantitative estimate of drug-likeness (QED) is 0.241. The van der Waals surface area contributed by atoms with Crippen LogP contribution in [0.1, 0.15) is 22.8 Å². The van der Waals surface area contributed by atoms with E-state index in [0.29, 0.717) is 16.7 Å². The van der Waals surface area contributed by atoms with E-state index in [1.54, 1.807) is 61.5 Å². The molecule has 0 fully saturated rings. The number of amides is 1. The minimum absolute atomic E-state index is 0.0701. The van der Waals surface area contributed by atoms with Gasteiger partial charge in [0.1, 0.15) is 12.2 Å². The van der Waals surface area contributed by atoms with Crippen LogP contribution < -0.4 is 10.0 Å².